The molecule has 0 amide bonds. The Morgan fingerprint density at radius 3 is 1.92 bits per heavy atom. The molecule has 1 aromatic carbocycles. The average molecular weight is 396 g/mol. The standard InChI is InChI=1S/C22H39P3/c1-13(2)21(5,6)19(23)16-11-15-9-10-25-18(15)17(12-16)20(24)22(7,8)14(3)4/h11-14,19-20,25H,9-10,23-24H2,1-8H3. The molecule has 25 heavy (non-hydrogen) atoms. The van der Waals surface area contributed by atoms with Crippen molar-refractivity contribution < 1.29 is 0 Å². The SMILES string of the molecule is CC(C)C(C)(C)C(P)c1cc2c(c(C(P)C(C)(C)C(C)C)c1)PCC2. The smallest absolute Gasteiger partial charge is 0.00453 e. The van der Waals surface area contributed by atoms with Crippen molar-refractivity contribution in [1.29, 1.82) is 0 Å². The van der Waals surface area contributed by atoms with Gasteiger partial charge in [0.2, 0.25) is 0 Å². The van der Waals surface area contributed by atoms with Crippen molar-refractivity contribution in [1.82, 2.24) is 0 Å². The Morgan fingerprint density at radius 1 is 0.880 bits per heavy atom. The second kappa shape index (κ2) is 7.86. The monoisotopic (exact) mass is 396 g/mol. The topological polar surface area (TPSA) is 0 Å². The zero-order valence-electron chi connectivity index (χ0n) is 17.5. The summed E-state index contributed by atoms with van der Waals surface area (Å²) in [6.07, 6.45) is 2.62. The van der Waals surface area contributed by atoms with Crippen LogP contribution in [0.15, 0.2) is 12.1 Å². The first-order valence-corrected chi connectivity index (χ1v) is 12.4. The van der Waals surface area contributed by atoms with Gasteiger partial charge in [-0.1, -0.05) is 76.1 Å². The molecule has 0 nitrogen and oxygen atoms in total. The van der Waals surface area contributed by atoms with Gasteiger partial charge in [0.15, 0.2) is 0 Å². The Hall–Kier alpha value is 0.510. The first-order chi connectivity index (χ1) is 11.4. The highest BCUT2D eigenvalue weighted by Gasteiger charge is 2.36. The summed E-state index contributed by atoms with van der Waals surface area (Å²) in [6, 6.07) is 5.08. The van der Waals surface area contributed by atoms with Gasteiger partial charge in [0.05, 0.1) is 0 Å². The van der Waals surface area contributed by atoms with Crippen LogP contribution in [0.3, 0.4) is 0 Å². The summed E-state index contributed by atoms with van der Waals surface area (Å²) in [5, 5.41) is 1.68. The quantitative estimate of drug-likeness (QED) is 0.467. The minimum absolute atomic E-state index is 0.279. The van der Waals surface area contributed by atoms with Gasteiger partial charge >= 0.3 is 0 Å². The molecular weight excluding hydrogens is 357 g/mol. The highest BCUT2D eigenvalue weighted by molar-refractivity contribution is 7.48. The van der Waals surface area contributed by atoms with E-state index in [9.17, 15) is 0 Å². The van der Waals surface area contributed by atoms with Crippen molar-refractivity contribution in [3.05, 3.63) is 28.8 Å². The maximum Gasteiger partial charge on any atom is 0.00453 e. The highest BCUT2D eigenvalue weighted by Crippen LogP contribution is 2.50. The molecule has 1 aliphatic rings. The molecule has 0 fully saturated rings. The third-order valence-corrected chi connectivity index (χ3v) is 11.2. The number of aryl methyl sites for hydroxylation is 1. The van der Waals surface area contributed by atoms with Crippen LogP contribution < -0.4 is 5.30 Å². The van der Waals surface area contributed by atoms with Crippen LogP contribution in [0, 0.1) is 22.7 Å². The number of hydrogen-bond donors (Lipinski definition) is 0. The fourth-order valence-electron chi connectivity index (χ4n) is 3.46. The molecule has 5 unspecified atom stereocenters. The highest BCUT2D eigenvalue weighted by atomic mass is 31.1. The van der Waals surface area contributed by atoms with Crippen molar-refractivity contribution in [3.63, 3.8) is 0 Å². The van der Waals surface area contributed by atoms with E-state index in [2.05, 4.69) is 86.0 Å². The van der Waals surface area contributed by atoms with E-state index in [0.717, 1.165) is 8.58 Å². The van der Waals surface area contributed by atoms with Crippen LogP contribution in [-0.4, -0.2) is 6.16 Å². The van der Waals surface area contributed by atoms with Crippen molar-refractivity contribution in [3.8, 4) is 0 Å². The lowest BCUT2D eigenvalue weighted by atomic mass is 9.73. The lowest BCUT2D eigenvalue weighted by Crippen LogP contribution is -2.28. The number of rotatable bonds is 6. The molecule has 1 aliphatic heterocycles. The van der Waals surface area contributed by atoms with Crippen molar-refractivity contribution in [2.75, 3.05) is 6.16 Å². The second-order valence-electron chi connectivity index (χ2n) is 9.73. The molecule has 3 heteroatoms. The van der Waals surface area contributed by atoms with Gasteiger partial charge < -0.3 is 0 Å². The average Bonchev–Trinajstić information content (AvgIpc) is 3.00. The van der Waals surface area contributed by atoms with Gasteiger partial charge in [-0.05, 0) is 57.2 Å². The number of benzene rings is 1. The van der Waals surface area contributed by atoms with Gasteiger partial charge in [-0.25, -0.2) is 0 Å². The summed E-state index contributed by atoms with van der Waals surface area (Å²) in [5.41, 5.74) is 6.35. The molecular formula is C22H39P3. The Labute approximate surface area is 163 Å². The van der Waals surface area contributed by atoms with E-state index in [1.165, 1.54) is 18.1 Å². The summed E-state index contributed by atoms with van der Waals surface area (Å²) in [5.74, 6) is 1.32. The summed E-state index contributed by atoms with van der Waals surface area (Å²) >= 11 is 0. The van der Waals surface area contributed by atoms with Gasteiger partial charge in [0, 0.05) is 11.3 Å². The van der Waals surface area contributed by atoms with E-state index in [1.54, 1.807) is 16.4 Å². The molecule has 0 bridgehead atoms. The normalized spacial score (nSPS) is 18.9. The number of fused-ring (bicyclic) bond motifs is 1. The van der Waals surface area contributed by atoms with Crippen LogP contribution in [0.4, 0.5) is 0 Å². The molecule has 0 aliphatic carbocycles. The van der Waals surface area contributed by atoms with E-state index >= 15 is 0 Å². The minimum atomic E-state index is 0.279. The Balaban J connectivity index is 2.54. The molecule has 2 rings (SSSR count). The van der Waals surface area contributed by atoms with E-state index in [-0.39, 0.29) is 10.8 Å². The van der Waals surface area contributed by atoms with Crippen LogP contribution in [0.2, 0.25) is 0 Å². The molecule has 0 aromatic heterocycles. The molecule has 0 spiro atoms. The summed E-state index contributed by atoms with van der Waals surface area (Å²) in [4.78, 5) is 0. The lowest BCUT2D eigenvalue weighted by Gasteiger charge is -2.39. The molecule has 1 heterocycles. The van der Waals surface area contributed by atoms with Gasteiger partial charge in [-0.3, -0.25) is 0 Å². The minimum Gasteiger partial charge on any atom is -0.129 e. The van der Waals surface area contributed by atoms with Crippen LogP contribution >= 0.6 is 27.1 Å². The zero-order chi connectivity index (χ0) is 19.2. The van der Waals surface area contributed by atoms with Crippen molar-refractivity contribution >= 4 is 32.4 Å². The Bertz CT molecular complexity index is 614. The fraction of sp³-hybridized carbons (Fsp3) is 0.727. The first kappa shape index (κ1) is 21.8. The summed E-state index contributed by atoms with van der Waals surface area (Å²) in [7, 11) is 7.36. The zero-order valence-corrected chi connectivity index (χ0v) is 20.8. The molecule has 142 valence electrons. The maximum atomic E-state index is 3.20. The van der Waals surface area contributed by atoms with E-state index in [1.807, 2.05) is 0 Å². The van der Waals surface area contributed by atoms with Gasteiger partial charge in [-0.15, -0.1) is 18.5 Å². The van der Waals surface area contributed by atoms with Crippen LogP contribution in [-0.2, 0) is 6.42 Å². The maximum absolute atomic E-state index is 3.20. The predicted molar refractivity (Wildman–Crippen MR) is 125 cm³/mol. The predicted octanol–water partition coefficient (Wildman–Crippen LogP) is 6.74. The third kappa shape index (κ3) is 4.18. The van der Waals surface area contributed by atoms with Gasteiger partial charge in [0.25, 0.3) is 0 Å². The fourth-order valence-corrected chi connectivity index (χ4v) is 6.35. The van der Waals surface area contributed by atoms with Crippen molar-refractivity contribution in [2.24, 2.45) is 22.7 Å². The Morgan fingerprint density at radius 2 is 1.40 bits per heavy atom. The van der Waals surface area contributed by atoms with Gasteiger partial charge in [0.1, 0.15) is 0 Å². The molecule has 0 N–H and O–H groups in total. The first-order valence-electron chi connectivity index (χ1n) is 9.82. The van der Waals surface area contributed by atoms with Crippen LogP contribution in [0.1, 0.15) is 83.4 Å². The van der Waals surface area contributed by atoms with E-state index in [0.29, 0.717) is 23.2 Å². The van der Waals surface area contributed by atoms with Crippen molar-refractivity contribution in [2.45, 2.75) is 73.1 Å². The Kier molecular flexibility index (Phi) is 6.86. The molecule has 1 aromatic rings. The summed E-state index contributed by atoms with van der Waals surface area (Å²) in [6.45, 7) is 19.1. The van der Waals surface area contributed by atoms with E-state index in [4.69, 9.17) is 0 Å². The lowest BCUT2D eigenvalue weighted by molar-refractivity contribution is 0.238. The molecule has 0 saturated heterocycles. The number of hydrogen-bond acceptors (Lipinski definition) is 0. The largest absolute Gasteiger partial charge is 0.129 e. The molecule has 0 saturated carbocycles. The third-order valence-electron chi connectivity index (χ3n) is 7.24. The molecule has 5 atom stereocenters. The van der Waals surface area contributed by atoms with E-state index < -0.39 is 0 Å². The summed E-state index contributed by atoms with van der Waals surface area (Å²) < 4.78 is 0. The van der Waals surface area contributed by atoms with Crippen LogP contribution in [0.5, 0.6) is 0 Å². The molecule has 0 radical (unpaired) electrons. The van der Waals surface area contributed by atoms with Gasteiger partial charge in [-0.2, -0.15) is 0 Å². The second-order valence-corrected chi connectivity index (χ2v) is 12.4. The van der Waals surface area contributed by atoms with Crippen LogP contribution in [0.25, 0.3) is 0 Å².